The number of piperazine rings is 1. The van der Waals surface area contributed by atoms with Crippen LogP contribution in [-0.4, -0.2) is 55.0 Å². The fourth-order valence-electron chi connectivity index (χ4n) is 4.77. The zero-order valence-electron chi connectivity index (χ0n) is 16.5. The molecule has 5 nitrogen and oxygen atoms in total. The fourth-order valence-corrected chi connectivity index (χ4v) is 6.26. The Labute approximate surface area is 167 Å². The van der Waals surface area contributed by atoms with Gasteiger partial charge in [0.1, 0.15) is 5.75 Å². The SMILES string of the molecule is CC1CN2CCN(S(=O)(=O)c3ccccc3)CC2C[C@@]1(C)c1cccc(O)c1. The highest BCUT2D eigenvalue weighted by molar-refractivity contribution is 7.89. The van der Waals surface area contributed by atoms with E-state index in [1.54, 1.807) is 34.6 Å². The molecule has 2 aromatic carbocycles. The summed E-state index contributed by atoms with van der Waals surface area (Å²) < 4.78 is 27.8. The van der Waals surface area contributed by atoms with Crippen LogP contribution in [0.1, 0.15) is 25.8 Å². The summed E-state index contributed by atoms with van der Waals surface area (Å²) in [4.78, 5) is 2.80. The van der Waals surface area contributed by atoms with E-state index in [1.807, 2.05) is 18.2 Å². The van der Waals surface area contributed by atoms with Crippen LogP contribution in [0.4, 0.5) is 0 Å². The van der Waals surface area contributed by atoms with Crippen LogP contribution in [-0.2, 0) is 15.4 Å². The molecule has 2 heterocycles. The Morgan fingerprint density at radius 2 is 1.79 bits per heavy atom. The fraction of sp³-hybridized carbons (Fsp3) is 0.455. The van der Waals surface area contributed by atoms with Crippen molar-refractivity contribution in [2.45, 2.75) is 36.6 Å². The monoisotopic (exact) mass is 400 g/mol. The van der Waals surface area contributed by atoms with Gasteiger partial charge in [-0.25, -0.2) is 8.42 Å². The Balaban J connectivity index is 1.59. The minimum atomic E-state index is -3.47. The minimum Gasteiger partial charge on any atom is -0.508 e. The number of benzene rings is 2. The van der Waals surface area contributed by atoms with Gasteiger partial charge in [-0.3, -0.25) is 4.90 Å². The van der Waals surface area contributed by atoms with Gasteiger partial charge in [0, 0.05) is 32.2 Å². The lowest BCUT2D eigenvalue weighted by Gasteiger charge is -2.52. The molecule has 28 heavy (non-hydrogen) atoms. The van der Waals surface area contributed by atoms with Gasteiger partial charge in [0.2, 0.25) is 10.0 Å². The quantitative estimate of drug-likeness (QED) is 0.860. The Kier molecular flexibility index (Phi) is 4.98. The van der Waals surface area contributed by atoms with Crippen molar-refractivity contribution in [3.05, 3.63) is 60.2 Å². The number of hydrogen-bond acceptors (Lipinski definition) is 4. The summed E-state index contributed by atoms with van der Waals surface area (Å²) >= 11 is 0. The van der Waals surface area contributed by atoms with Gasteiger partial charge in [-0.1, -0.05) is 44.2 Å². The van der Waals surface area contributed by atoms with E-state index >= 15 is 0 Å². The summed E-state index contributed by atoms with van der Waals surface area (Å²) in [5.41, 5.74) is 1.03. The molecule has 0 amide bonds. The molecule has 0 saturated carbocycles. The highest BCUT2D eigenvalue weighted by Crippen LogP contribution is 2.43. The van der Waals surface area contributed by atoms with Crippen LogP contribution < -0.4 is 0 Å². The van der Waals surface area contributed by atoms with E-state index in [-0.39, 0.29) is 17.2 Å². The van der Waals surface area contributed by atoms with Gasteiger partial charge in [0.25, 0.3) is 0 Å². The molecule has 0 bridgehead atoms. The zero-order valence-corrected chi connectivity index (χ0v) is 17.3. The van der Waals surface area contributed by atoms with Gasteiger partial charge in [-0.2, -0.15) is 4.31 Å². The van der Waals surface area contributed by atoms with Crippen molar-refractivity contribution in [1.29, 1.82) is 0 Å². The van der Waals surface area contributed by atoms with Crippen LogP contribution >= 0.6 is 0 Å². The molecule has 2 aliphatic heterocycles. The summed E-state index contributed by atoms with van der Waals surface area (Å²) in [6.07, 6.45) is 0.873. The van der Waals surface area contributed by atoms with Crippen LogP contribution in [0.2, 0.25) is 0 Å². The molecule has 0 aliphatic carbocycles. The summed E-state index contributed by atoms with van der Waals surface area (Å²) in [7, 11) is -3.47. The van der Waals surface area contributed by atoms with Crippen LogP contribution in [0.3, 0.4) is 0 Å². The van der Waals surface area contributed by atoms with Gasteiger partial charge in [-0.15, -0.1) is 0 Å². The molecular formula is C22H28N2O3S. The van der Waals surface area contributed by atoms with Crippen molar-refractivity contribution in [2.24, 2.45) is 5.92 Å². The van der Waals surface area contributed by atoms with Crippen molar-refractivity contribution >= 4 is 10.0 Å². The van der Waals surface area contributed by atoms with Gasteiger partial charge in [0.05, 0.1) is 4.90 Å². The van der Waals surface area contributed by atoms with E-state index in [2.05, 4.69) is 24.8 Å². The summed E-state index contributed by atoms with van der Waals surface area (Å²) in [5, 5.41) is 9.95. The van der Waals surface area contributed by atoms with E-state index in [0.717, 1.165) is 25.1 Å². The molecule has 2 aliphatic rings. The number of rotatable bonds is 3. The second-order valence-electron chi connectivity index (χ2n) is 8.40. The van der Waals surface area contributed by atoms with Crippen molar-refractivity contribution in [1.82, 2.24) is 9.21 Å². The van der Waals surface area contributed by atoms with Gasteiger partial charge < -0.3 is 5.11 Å². The van der Waals surface area contributed by atoms with Crippen molar-refractivity contribution in [2.75, 3.05) is 26.2 Å². The summed E-state index contributed by atoms with van der Waals surface area (Å²) in [6, 6.07) is 16.4. The maximum Gasteiger partial charge on any atom is 0.243 e. The molecule has 3 atom stereocenters. The largest absolute Gasteiger partial charge is 0.508 e. The highest BCUT2D eigenvalue weighted by Gasteiger charge is 2.46. The van der Waals surface area contributed by atoms with Crippen LogP contribution in [0, 0.1) is 5.92 Å². The maximum absolute atomic E-state index is 13.1. The van der Waals surface area contributed by atoms with E-state index in [9.17, 15) is 13.5 Å². The predicted octanol–water partition coefficient (Wildman–Crippen LogP) is 3.06. The lowest BCUT2D eigenvalue weighted by molar-refractivity contribution is 0.0184. The molecule has 0 spiro atoms. The lowest BCUT2D eigenvalue weighted by Crippen LogP contribution is -2.61. The first-order valence-corrected chi connectivity index (χ1v) is 11.3. The van der Waals surface area contributed by atoms with E-state index in [1.165, 1.54) is 0 Å². The van der Waals surface area contributed by atoms with Gasteiger partial charge in [-0.05, 0) is 47.6 Å². The molecular weight excluding hydrogens is 372 g/mol. The van der Waals surface area contributed by atoms with Crippen LogP contribution in [0.5, 0.6) is 5.75 Å². The lowest BCUT2D eigenvalue weighted by atomic mass is 9.65. The third-order valence-electron chi connectivity index (χ3n) is 6.71. The zero-order chi connectivity index (χ0) is 19.9. The van der Waals surface area contributed by atoms with Gasteiger partial charge in [0.15, 0.2) is 0 Å². The first kappa shape index (κ1) is 19.4. The standard InChI is InChI=1S/C22H28N2O3S/c1-17-15-23-11-12-24(28(26,27)21-9-4-3-5-10-21)16-19(23)14-22(17,2)18-7-6-8-20(25)13-18/h3-10,13,17,19,25H,11-12,14-16H2,1-2H3/t17?,19?,22-/m1/s1. The smallest absolute Gasteiger partial charge is 0.243 e. The number of aromatic hydroxyl groups is 1. The van der Waals surface area contributed by atoms with E-state index in [0.29, 0.717) is 23.9 Å². The predicted molar refractivity (Wildman–Crippen MR) is 110 cm³/mol. The Hall–Kier alpha value is -1.89. The van der Waals surface area contributed by atoms with E-state index in [4.69, 9.17) is 0 Å². The van der Waals surface area contributed by atoms with Crippen molar-refractivity contribution in [3.63, 3.8) is 0 Å². The minimum absolute atomic E-state index is 0.0978. The van der Waals surface area contributed by atoms with Gasteiger partial charge >= 0.3 is 0 Å². The molecule has 2 fully saturated rings. The average Bonchev–Trinajstić information content (AvgIpc) is 2.69. The summed E-state index contributed by atoms with van der Waals surface area (Å²) in [6.45, 7) is 7.25. The van der Waals surface area contributed by atoms with Crippen molar-refractivity contribution < 1.29 is 13.5 Å². The maximum atomic E-state index is 13.1. The molecule has 1 N–H and O–H groups in total. The number of phenolic OH excluding ortho intramolecular Hbond substituents is 1. The molecule has 4 rings (SSSR count). The number of piperidine rings is 1. The number of nitrogens with zero attached hydrogens (tertiary/aromatic N) is 2. The third-order valence-corrected chi connectivity index (χ3v) is 8.59. The molecule has 0 radical (unpaired) electrons. The molecule has 150 valence electrons. The Morgan fingerprint density at radius 3 is 2.50 bits per heavy atom. The molecule has 2 aromatic rings. The normalized spacial score (nSPS) is 29.4. The van der Waals surface area contributed by atoms with Crippen LogP contribution in [0.25, 0.3) is 0 Å². The first-order chi connectivity index (χ1) is 13.3. The highest BCUT2D eigenvalue weighted by atomic mass is 32.2. The molecule has 6 heteroatoms. The Bertz CT molecular complexity index is 947. The number of fused-ring (bicyclic) bond motifs is 1. The second-order valence-corrected chi connectivity index (χ2v) is 10.3. The molecule has 0 aromatic heterocycles. The molecule has 2 unspecified atom stereocenters. The Morgan fingerprint density at radius 1 is 1.04 bits per heavy atom. The molecule has 2 saturated heterocycles. The summed E-state index contributed by atoms with van der Waals surface area (Å²) in [5.74, 6) is 0.702. The number of sulfonamides is 1. The second kappa shape index (κ2) is 7.17. The topological polar surface area (TPSA) is 60.9 Å². The number of hydrogen-bond donors (Lipinski definition) is 1. The number of phenols is 1. The van der Waals surface area contributed by atoms with Crippen molar-refractivity contribution in [3.8, 4) is 5.75 Å². The third kappa shape index (κ3) is 3.34. The average molecular weight is 401 g/mol. The van der Waals surface area contributed by atoms with E-state index < -0.39 is 10.0 Å². The van der Waals surface area contributed by atoms with Crippen LogP contribution in [0.15, 0.2) is 59.5 Å². The first-order valence-electron chi connectivity index (χ1n) is 9.89.